The number of carbonyl (C=O) groups excluding carboxylic acids is 2. The highest BCUT2D eigenvalue weighted by atomic mass is 16.5. The molecule has 2 aromatic rings. The van der Waals surface area contributed by atoms with Gasteiger partial charge in [-0.3, -0.25) is 14.6 Å². The molecule has 1 aliphatic heterocycles. The molecular formula is C20H27N5O3. The number of methoxy groups -OCH3 is 1. The molecule has 1 saturated heterocycles. The van der Waals surface area contributed by atoms with Crippen LogP contribution in [0.25, 0.3) is 0 Å². The van der Waals surface area contributed by atoms with Crippen LogP contribution in [0.4, 0.5) is 0 Å². The Bertz CT molecular complexity index is 831. The minimum absolute atomic E-state index is 0.0156. The first-order chi connectivity index (χ1) is 13.4. The number of aryl methyl sites for hydroxylation is 1. The number of nitrogens with zero attached hydrogens (tertiary/aromatic N) is 4. The zero-order valence-electron chi connectivity index (χ0n) is 16.8. The number of aromatic nitrogens is 3. The Hall–Kier alpha value is -2.74. The summed E-state index contributed by atoms with van der Waals surface area (Å²) in [4.78, 5) is 35.7. The Morgan fingerprint density at radius 1 is 1.29 bits per heavy atom. The van der Waals surface area contributed by atoms with Gasteiger partial charge in [0.15, 0.2) is 0 Å². The Labute approximate surface area is 164 Å². The maximum absolute atomic E-state index is 13.0. The number of likely N-dealkylation sites (tertiary alicyclic amines) is 1. The van der Waals surface area contributed by atoms with Crippen molar-refractivity contribution in [2.45, 2.75) is 31.7 Å². The van der Waals surface area contributed by atoms with E-state index < -0.39 is 0 Å². The first kappa shape index (κ1) is 20.0. The molecule has 1 fully saturated rings. The van der Waals surface area contributed by atoms with Crippen LogP contribution < -0.4 is 5.32 Å². The molecule has 0 aliphatic carbocycles. The Morgan fingerprint density at radius 3 is 2.64 bits per heavy atom. The summed E-state index contributed by atoms with van der Waals surface area (Å²) in [7, 11) is 3.39. The summed E-state index contributed by atoms with van der Waals surface area (Å²) in [6.45, 7) is 5.01. The monoisotopic (exact) mass is 385 g/mol. The van der Waals surface area contributed by atoms with Crippen LogP contribution in [0.15, 0.2) is 30.7 Å². The molecule has 2 amide bonds. The Balaban J connectivity index is 1.79. The minimum atomic E-state index is -0.226. The van der Waals surface area contributed by atoms with E-state index in [4.69, 9.17) is 4.74 Å². The number of ether oxygens (including phenoxy) is 1. The van der Waals surface area contributed by atoms with E-state index in [1.54, 1.807) is 17.3 Å². The van der Waals surface area contributed by atoms with E-state index in [0.29, 0.717) is 24.6 Å². The standard InChI is InChI=1S/C20H27N5O3/c1-13(2)16-6-5-14(9-22-16)20(27)25-10-15(19-21-7-8-24(19)3)17(11-25)23-18(26)12-28-4/h5-9,13,15,17H,10-12H2,1-4H3,(H,23,26)/t15-,17-/m1/s1. The van der Waals surface area contributed by atoms with Gasteiger partial charge in [-0.05, 0) is 18.1 Å². The Kier molecular flexibility index (Phi) is 6.08. The highest BCUT2D eigenvalue weighted by Gasteiger charge is 2.39. The lowest BCUT2D eigenvalue weighted by molar-refractivity contribution is -0.125. The maximum atomic E-state index is 13.0. The van der Waals surface area contributed by atoms with E-state index in [1.165, 1.54) is 7.11 Å². The number of imidazole rings is 1. The summed E-state index contributed by atoms with van der Waals surface area (Å²) in [5, 5.41) is 2.98. The maximum Gasteiger partial charge on any atom is 0.255 e. The van der Waals surface area contributed by atoms with Crippen molar-refractivity contribution in [2.24, 2.45) is 7.05 Å². The zero-order chi connectivity index (χ0) is 20.3. The van der Waals surface area contributed by atoms with E-state index >= 15 is 0 Å². The van der Waals surface area contributed by atoms with Gasteiger partial charge in [0.2, 0.25) is 5.91 Å². The van der Waals surface area contributed by atoms with Crippen LogP contribution in [0.1, 0.15) is 47.6 Å². The second-order valence-electron chi connectivity index (χ2n) is 7.45. The van der Waals surface area contributed by atoms with Crippen molar-refractivity contribution >= 4 is 11.8 Å². The van der Waals surface area contributed by atoms with Crippen molar-refractivity contribution in [1.29, 1.82) is 0 Å². The zero-order valence-corrected chi connectivity index (χ0v) is 16.8. The molecule has 150 valence electrons. The smallest absolute Gasteiger partial charge is 0.255 e. The average Bonchev–Trinajstić information content (AvgIpc) is 3.27. The highest BCUT2D eigenvalue weighted by molar-refractivity contribution is 5.94. The molecule has 3 heterocycles. The normalized spacial score (nSPS) is 19.2. The first-order valence-electron chi connectivity index (χ1n) is 9.41. The number of rotatable bonds is 6. The van der Waals surface area contributed by atoms with Gasteiger partial charge in [-0.25, -0.2) is 4.98 Å². The second kappa shape index (κ2) is 8.52. The molecule has 0 unspecified atom stereocenters. The van der Waals surface area contributed by atoms with Gasteiger partial charge >= 0.3 is 0 Å². The molecule has 2 atom stereocenters. The van der Waals surface area contributed by atoms with Crippen molar-refractivity contribution in [3.63, 3.8) is 0 Å². The van der Waals surface area contributed by atoms with Gasteiger partial charge in [-0.15, -0.1) is 0 Å². The van der Waals surface area contributed by atoms with Crippen LogP contribution in [0.5, 0.6) is 0 Å². The molecular weight excluding hydrogens is 358 g/mol. The van der Waals surface area contributed by atoms with E-state index in [0.717, 1.165) is 11.5 Å². The number of nitrogens with one attached hydrogen (secondary N) is 1. The molecule has 3 rings (SSSR count). The summed E-state index contributed by atoms with van der Waals surface area (Å²) < 4.78 is 6.84. The van der Waals surface area contributed by atoms with Gasteiger partial charge in [-0.1, -0.05) is 13.8 Å². The molecule has 1 N–H and O–H groups in total. The lowest BCUT2D eigenvalue weighted by atomic mass is 10.0. The summed E-state index contributed by atoms with van der Waals surface area (Å²) in [5.41, 5.74) is 1.50. The quantitative estimate of drug-likeness (QED) is 0.810. The molecule has 0 spiro atoms. The molecule has 8 nitrogen and oxygen atoms in total. The van der Waals surface area contributed by atoms with Gasteiger partial charge in [0, 0.05) is 51.5 Å². The van der Waals surface area contributed by atoms with Crippen molar-refractivity contribution in [1.82, 2.24) is 24.8 Å². The van der Waals surface area contributed by atoms with Crippen LogP contribution in [-0.2, 0) is 16.6 Å². The van der Waals surface area contributed by atoms with Crippen molar-refractivity contribution < 1.29 is 14.3 Å². The lowest BCUT2D eigenvalue weighted by Gasteiger charge is -2.19. The van der Waals surface area contributed by atoms with E-state index in [9.17, 15) is 9.59 Å². The van der Waals surface area contributed by atoms with Crippen molar-refractivity contribution in [3.05, 3.63) is 47.8 Å². The minimum Gasteiger partial charge on any atom is -0.375 e. The third-order valence-electron chi connectivity index (χ3n) is 5.04. The van der Waals surface area contributed by atoms with Crippen LogP contribution in [0.3, 0.4) is 0 Å². The van der Waals surface area contributed by atoms with E-state index in [-0.39, 0.29) is 30.4 Å². The SMILES string of the molecule is COCC(=O)N[C@@H]1CN(C(=O)c2ccc(C(C)C)nc2)C[C@H]1c1nccn1C. The average molecular weight is 385 g/mol. The highest BCUT2D eigenvalue weighted by Crippen LogP contribution is 2.27. The first-order valence-corrected chi connectivity index (χ1v) is 9.41. The van der Waals surface area contributed by atoms with Gasteiger partial charge in [0.1, 0.15) is 12.4 Å². The van der Waals surface area contributed by atoms with Crippen LogP contribution in [-0.4, -0.2) is 64.1 Å². The summed E-state index contributed by atoms with van der Waals surface area (Å²) in [5.74, 6) is 0.762. The molecule has 0 aromatic carbocycles. The number of carbonyl (C=O) groups is 2. The lowest BCUT2D eigenvalue weighted by Crippen LogP contribution is -2.42. The predicted molar refractivity (Wildman–Crippen MR) is 104 cm³/mol. The fourth-order valence-electron chi connectivity index (χ4n) is 3.55. The number of pyridine rings is 1. The van der Waals surface area contributed by atoms with Crippen molar-refractivity contribution in [3.8, 4) is 0 Å². The topological polar surface area (TPSA) is 89.3 Å². The van der Waals surface area contributed by atoms with Crippen LogP contribution >= 0.6 is 0 Å². The third kappa shape index (κ3) is 4.22. The van der Waals surface area contributed by atoms with Crippen LogP contribution in [0.2, 0.25) is 0 Å². The van der Waals surface area contributed by atoms with Crippen LogP contribution in [0, 0.1) is 0 Å². The summed E-state index contributed by atoms with van der Waals surface area (Å²) >= 11 is 0. The molecule has 0 radical (unpaired) electrons. The Morgan fingerprint density at radius 2 is 2.07 bits per heavy atom. The molecule has 2 aromatic heterocycles. The largest absolute Gasteiger partial charge is 0.375 e. The fraction of sp³-hybridized carbons (Fsp3) is 0.500. The van der Waals surface area contributed by atoms with E-state index in [2.05, 4.69) is 29.1 Å². The van der Waals surface area contributed by atoms with Gasteiger partial charge in [0.05, 0.1) is 17.5 Å². The fourth-order valence-corrected chi connectivity index (χ4v) is 3.55. The molecule has 8 heteroatoms. The third-order valence-corrected chi connectivity index (χ3v) is 5.04. The summed E-state index contributed by atoms with van der Waals surface area (Å²) in [6, 6.07) is 3.48. The van der Waals surface area contributed by atoms with Crippen molar-refractivity contribution in [2.75, 3.05) is 26.8 Å². The predicted octanol–water partition coefficient (Wildman–Crippen LogP) is 1.31. The number of hydrogen-bond acceptors (Lipinski definition) is 5. The second-order valence-corrected chi connectivity index (χ2v) is 7.45. The number of amides is 2. The van der Waals surface area contributed by atoms with Gasteiger partial charge < -0.3 is 19.5 Å². The molecule has 0 saturated carbocycles. The van der Waals surface area contributed by atoms with Gasteiger partial charge in [-0.2, -0.15) is 0 Å². The molecule has 1 aliphatic rings. The molecule has 0 bridgehead atoms. The van der Waals surface area contributed by atoms with E-state index in [1.807, 2.05) is 29.9 Å². The summed E-state index contributed by atoms with van der Waals surface area (Å²) in [6.07, 6.45) is 5.22. The number of hydrogen-bond donors (Lipinski definition) is 1. The van der Waals surface area contributed by atoms with Gasteiger partial charge in [0.25, 0.3) is 5.91 Å². The molecule has 28 heavy (non-hydrogen) atoms.